The Morgan fingerprint density at radius 1 is 1.08 bits per heavy atom. The van der Waals surface area contributed by atoms with Crippen molar-refractivity contribution in [3.63, 3.8) is 0 Å². The molecular weight excluding hydrogens is 314 g/mol. The number of carbonyl (C=O) groups is 1. The predicted molar refractivity (Wildman–Crippen MR) is 96.3 cm³/mol. The van der Waals surface area contributed by atoms with Crippen LogP contribution in [0.5, 0.6) is 0 Å². The SMILES string of the molecule is CCc1ccc(-c2noc(-c3ccc4c(c3)CCC(=O)N4C)n2)cc1. The first-order valence-electron chi connectivity index (χ1n) is 8.48. The topological polar surface area (TPSA) is 59.2 Å². The van der Waals surface area contributed by atoms with Gasteiger partial charge in [-0.05, 0) is 42.2 Å². The van der Waals surface area contributed by atoms with E-state index in [1.165, 1.54) is 5.56 Å². The highest BCUT2D eigenvalue weighted by atomic mass is 16.5. The summed E-state index contributed by atoms with van der Waals surface area (Å²) in [6.45, 7) is 2.13. The van der Waals surface area contributed by atoms with Gasteiger partial charge in [-0.2, -0.15) is 4.98 Å². The van der Waals surface area contributed by atoms with E-state index in [2.05, 4.69) is 29.2 Å². The third-order valence-corrected chi connectivity index (χ3v) is 4.72. The van der Waals surface area contributed by atoms with Crippen LogP contribution in [0.2, 0.25) is 0 Å². The lowest BCUT2D eigenvalue weighted by molar-refractivity contribution is -0.118. The van der Waals surface area contributed by atoms with Crippen molar-refractivity contribution in [3.05, 3.63) is 53.6 Å². The number of hydrogen-bond acceptors (Lipinski definition) is 4. The molecule has 2 aromatic carbocycles. The molecule has 0 saturated carbocycles. The first-order chi connectivity index (χ1) is 12.2. The molecule has 0 bridgehead atoms. The van der Waals surface area contributed by atoms with Gasteiger partial charge in [-0.25, -0.2) is 0 Å². The lowest BCUT2D eigenvalue weighted by atomic mass is 9.99. The molecule has 0 radical (unpaired) electrons. The first-order valence-corrected chi connectivity index (χ1v) is 8.48. The van der Waals surface area contributed by atoms with Gasteiger partial charge in [-0.15, -0.1) is 0 Å². The summed E-state index contributed by atoms with van der Waals surface area (Å²) < 4.78 is 5.46. The van der Waals surface area contributed by atoms with Gasteiger partial charge in [0.1, 0.15) is 0 Å². The number of anilines is 1. The Morgan fingerprint density at radius 2 is 1.84 bits per heavy atom. The second-order valence-electron chi connectivity index (χ2n) is 6.27. The van der Waals surface area contributed by atoms with Crippen LogP contribution in [0.4, 0.5) is 5.69 Å². The summed E-state index contributed by atoms with van der Waals surface area (Å²) in [5.41, 5.74) is 5.18. The van der Waals surface area contributed by atoms with E-state index in [4.69, 9.17) is 4.52 Å². The second kappa shape index (κ2) is 6.16. The Kier molecular flexibility index (Phi) is 3.84. The van der Waals surface area contributed by atoms with Crippen LogP contribution in [-0.2, 0) is 17.6 Å². The zero-order chi connectivity index (χ0) is 17.4. The first kappa shape index (κ1) is 15.6. The summed E-state index contributed by atoms with van der Waals surface area (Å²) >= 11 is 0. The molecule has 1 amide bonds. The van der Waals surface area contributed by atoms with Gasteiger partial charge in [0, 0.05) is 30.3 Å². The molecule has 126 valence electrons. The smallest absolute Gasteiger partial charge is 0.258 e. The maximum atomic E-state index is 11.8. The molecule has 1 aliphatic heterocycles. The number of nitrogens with zero attached hydrogens (tertiary/aromatic N) is 3. The van der Waals surface area contributed by atoms with E-state index in [1.54, 1.807) is 4.90 Å². The van der Waals surface area contributed by atoms with E-state index in [0.717, 1.165) is 35.2 Å². The van der Waals surface area contributed by atoms with Crippen LogP contribution in [0.1, 0.15) is 24.5 Å². The molecule has 0 saturated heterocycles. The van der Waals surface area contributed by atoms with Crippen molar-refractivity contribution in [3.8, 4) is 22.8 Å². The molecule has 5 heteroatoms. The number of rotatable bonds is 3. The highest BCUT2D eigenvalue weighted by molar-refractivity contribution is 5.96. The second-order valence-corrected chi connectivity index (χ2v) is 6.27. The van der Waals surface area contributed by atoms with Crippen molar-refractivity contribution in [2.24, 2.45) is 0 Å². The lowest BCUT2D eigenvalue weighted by Gasteiger charge is -2.25. The largest absolute Gasteiger partial charge is 0.334 e. The molecule has 0 N–H and O–H groups in total. The molecular formula is C20H19N3O2. The summed E-state index contributed by atoms with van der Waals surface area (Å²) in [7, 11) is 1.81. The van der Waals surface area contributed by atoms with Crippen molar-refractivity contribution in [2.75, 3.05) is 11.9 Å². The molecule has 0 unspecified atom stereocenters. The molecule has 0 aliphatic carbocycles. The van der Waals surface area contributed by atoms with Gasteiger partial charge in [0.2, 0.25) is 11.7 Å². The highest BCUT2D eigenvalue weighted by Crippen LogP contribution is 2.31. The molecule has 1 aromatic heterocycles. The molecule has 3 aromatic rings. The number of hydrogen-bond donors (Lipinski definition) is 0. The van der Waals surface area contributed by atoms with Crippen molar-refractivity contribution in [1.29, 1.82) is 0 Å². The number of aromatic nitrogens is 2. The molecule has 4 rings (SSSR count). The fourth-order valence-corrected chi connectivity index (χ4v) is 3.14. The van der Waals surface area contributed by atoms with E-state index in [1.807, 2.05) is 37.4 Å². The van der Waals surface area contributed by atoms with Gasteiger partial charge in [0.15, 0.2) is 0 Å². The predicted octanol–water partition coefficient (Wildman–Crippen LogP) is 3.88. The number of carbonyl (C=O) groups excluding carboxylic acids is 1. The van der Waals surface area contributed by atoms with E-state index in [9.17, 15) is 4.79 Å². The van der Waals surface area contributed by atoms with Crippen LogP contribution >= 0.6 is 0 Å². The lowest BCUT2D eigenvalue weighted by Crippen LogP contribution is -2.30. The standard InChI is InChI=1S/C20H19N3O2/c1-3-13-4-6-14(7-5-13)19-21-20(25-22-19)16-8-10-17-15(12-16)9-11-18(24)23(17)2/h4-8,10,12H,3,9,11H2,1-2H3. The maximum Gasteiger partial charge on any atom is 0.258 e. The monoisotopic (exact) mass is 333 g/mol. The summed E-state index contributed by atoms with van der Waals surface area (Å²) in [5.74, 6) is 1.23. The minimum absolute atomic E-state index is 0.149. The zero-order valence-electron chi connectivity index (χ0n) is 14.3. The number of aryl methyl sites for hydroxylation is 2. The summed E-state index contributed by atoms with van der Waals surface area (Å²) in [4.78, 5) is 18.0. The van der Waals surface area contributed by atoms with Gasteiger partial charge < -0.3 is 9.42 Å². The third-order valence-electron chi connectivity index (χ3n) is 4.72. The molecule has 25 heavy (non-hydrogen) atoms. The maximum absolute atomic E-state index is 11.8. The van der Waals surface area contributed by atoms with E-state index >= 15 is 0 Å². The molecule has 5 nitrogen and oxygen atoms in total. The quantitative estimate of drug-likeness (QED) is 0.730. The summed E-state index contributed by atoms with van der Waals surface area (Å²) in [6.07, 6.45) is 2.28. The van der Waals surface area contributed by atoms with Crippen LogP contribution in [0, 0.1) is 0 Å². The Hall–Kier alpha value is -2.95. The van der Waals surface area contributed by atoms with Gasteiger partial charge in [0.05, 0.1) is 0 Å². The molecule has 0 spiro atoms. The van der Waals surface area contributed by atoms with Crippen LogP contribution in [0.25, 0.3) is 22.8 Å². The van der Waals surface area contributed by atoms with Gasteiger partial charge >= 0.3 is 0 Å². The molecule has 2 heterocycles. The van der Waals surface area contributed by atoms with Crippen molar-refractivity contribution in [1.82, 2.24) is 10.1 Å². The van der Waals surface area contributed by atoms with Gasteiger partial charge in [-0.1, -0.05) is 36.3 Å². The number of benzene rings is 2. The molecule has 1 aliphatic rings. The number of amides is 1. The average molecular weight is 333 g/mol. The van der Waals surface area contributed by atoms with Gasteiger partial charge in [0.25, 0.3) is 5.89 Å². The van der Waals surface area contributed by atoms with Crippen LogP contribution in [-0.4, -0.2) is 23.1 Å². The fraction of sp³-hybridized carbons (Fsp3) is 0.250. The molecule has 0 atom stereocenters. The Balaban J connectivity index is 1.65. The molecule has 0 fully saturated rings. The highest BCUT2D eigenvalue weighted by Gasteiger charge is 2.22. The number of fused-ring (bicyclic) bond motifs is 1. The van der Waals surface area contributed by atoms with E-state index in [0.29, 0.717) is 18.1 Å². The van der Waals surface area contributed by atoms with Gasteiger partial charge in [-0.3, -0.25) is 4.79 Å². The average Bonchev–Trinajstić information content (AvgIpc) is 3.15. The zero-order valence-corrected chi connectivity index (χ0v) is 14.3. The fourth-order valence-electron chi connectivity index (χ4n) is 3.14. The Morgan fingerprint density at radius 3 is 2.60 bits per heavy atom. The summed E-state index contributed by atoms with van der Waals surface area (Å²) in [6, 6.07) is 14.1. The van der Waals surface area contributed by atoms with E-state index in [-0.39, 0.29) is 5.91 Å². The van der Waals surface area contributed by atoms with Crippen LogP contribution in [0.3, 0.4) is 0 Å². The summed E-state index contributed by atoms with van der Waals surface area (Å²) in [5, 5.41) is 4.11. The van der Waals surface area contributed by atoms with Crippen LogP contribution in [0.15, 0.2) is 47.0 Å². The van der Waals surface area contributed by atoms with Crippen LogP contribution < -0.4 is 4.90 Å². The van der Waals surface area contributed by atoms with E-state index < -0.39 is 0 Å². The van der Waals surface area contributed by atoms with Crippen molar-refractivity contribution < 1.29 is 9.32 Å². The minimum atomic E-state index is 0.149. The van der Waals surface area contributed by atoms with Crippen molar-refractivity contribution >= 4 is 11.6 Å². The Labute approximate surface area is 146 Å². The normalized spacial score (nSPS) is 13.8. The minimum Gasteiger partial charge on any atom is -0.334 e. The Bertz CT molecular complexity index is 928. The van der Waals surface area contributed by atoms with Crippen molar-refractivity contribution in [2.45, 2.75) is 26.2 Å². The third kappa shape index (κ3) is 2.82.